The van der Waals surface area contributed by atoms with Gasteiger partial charge in [0.1, 0.15) is 6.04 Å². The maximum Gasteiger partial charge on any atom is 0.252 e. The molecule has 4 rings (SSSR count). The van der Waals surface area contributed by atoms with Crippen molar-refractivity contribution in [3.8, 4) is 11.1 Å². The Bertz CT molecular complexity index is 1470. The van der Waals surface area contributed by atoms with Crippen molar-refractivity contribution in [1.82, 2.24) is 20.6 Å². The molecule has 0 fully saturated rings. The number of aromatic amines is 1. The highest BCUT2D eigenvalue weighted by Crippen LogP contribution is 2.29. The van der Waals surface area contributed by atoms with E-state index in [1.54, 1.807) is 37.6 Å². The van der Waals surface area contributed by atoms with Crippen molar-refractivity contribution < 1.29 is 14.7 Å². The summed E-state index contributed by atoms with van der Waals surface area (Å²) in [5.74, 6) is -0.678. The Morgan fingerprint density at radius 2 is 1.77 bits per heavy atom. The monoisotopic (exact) mass is 545 g/mol. The van der Waals surface area contributed by atoms with Crippen LogP contribution in [0.3, 0.4) is 0 Å². The van der Waals surface area contributed by atoms with Gasteiger partial charge in [0, 0.05) is 35.4 Å². The highest BCUT2D eigenvalue weighted by molar-refractivity contribution is 6.30. The van der Waals surface area contributed by atoms with Crippen molar-refractivity contribution in [2.75, 3.05) is 12.4 Å². The molecule has 3 aromatic carbocycles. The molecule has 2 amide bonds. The smallest absolute Gasteiger partial charge is 0.252 e. The van der Waals surface area contributed by atoms with Crippen LogP contribution in [0.15, 0.2) is 67.0 Å². The summed E-state index contributed by atoms with van der Waals surface area (Å²) in [6, 6.07) is 17.7. The van der Waals surface area contributed by atoms with Gasteiger partial charge in [-0.25, -0.2) is 4.98 Å². The molecule has 39 heavy (non-hydrogen) atoms. The number of aliphatic hydroxyl groups excluding tert-OH is 1. The lowest BCUT2D eigenvalue weighted by Gasteiger charge is -2.19. The fourth-order valence-corrected chi connectivity index (χ4v) is 4.45. The Morgan fingerprint density at radius 1 is 1.03 bits per heavy atom. The number of nitrogens with one attached hydrogen (secondary N) is 4. The van der Waals surface area contributed by atoms with Gasteiger partial charge in [0.05, 0.1) is 25.2 Å². The Kier molecular flexibility index (Phi) is 9.01. The average molecular weight is 546 g/mol. The van der Waals surface area contributed by atoms with E-state index in [9.17, 15) is 14.7 Å². The second-order valence-electron chi connectivity index (χ2n) is 9.41. The summed E-state index contributed by atoms with van der Waals surface area (Å²) in [6.45, 7) is 4.31. The lowest BCUT2D eigenvalue weighted by molar-refractivity contribution is -0.122. The SMILES string of the molecule is CNC(=O)[C@@H](Cc1ccc(Cl)cc1)NC(=O)c1cc(NCc2nc[nH]c2C)cc(-c2cc(CO)ccc2C)c1. The predicted molar refractivity (Wildman–Crippen MR) is 154 cm³/mol. The minimum Gasteiger partial charge on any atom is -0.392 e. The first-order valence-electron chi connectivity index (χ1n) is 12.6. The van der Waals surface area contributed by atoms with Crippen LogP contribution in [0.5, 0.6) is 0 Å². The molecule has 0 saturated carbocycles. The van der Waals surface area contributed by atoms with Gasteiger partial charge >= 0.3 is 0 Å². The van der Waals surface area contributed by atoms with Gasteiger partial charge in [0.25, 0.3) is 5.91 Å². The highest BCUT2D eigenvalue weighted by atomic mass is 35.5. The number of carbonyl (C=O) groups excluding carboxylic acids is 2. The number of anilines is 1. The first kappa shape index (κ1) is 27.9. The normalized spacial score (nSPS) is 11.6. The van der Waals surface area contributed by atoms with E-state index in [1.165, 1.54) is 0 Å². The third kappa shape index (κ3) is 7.04. The van der Waals surface area contributed by atoms with Crippen LogP contribution in [0.2, 0.25) is 5.02 Å². The van der Waals surface area contributed by atoms with Crippen molar-refractivity contribution in [2.24, 2.45) is 0 Å². The van der Waals surface area contributed by atoms with Crippen LogP contribution in [0.4, 0.5) is 5.69 Å². The van der Waals surface area contributed by atoms with Gasteiger partial charge < -0.3 is 26.0 Å². The number of likely N-dealkylation sites (N-methyl/N-ethyl adjacent to an activating group) is 1. The summed E-state index contributed by atoms with van der Waals surface area (Å²) in [5.41, 5.74) is 7.31. The Balaban J connectivity index is 1.67. The maximum atomic E-state index is 13.6. The lowest BCUT2D eigenvalue weighted by Crippen LogP contribution is -2.47. The minimum absolute atomic E-state index is 0.0878. The fourth-order valence-electron chi connectivity index (χ4n) is 4.33. The molecule has 202 valence electrons. The fraction of sp³-hybridized carbons (Fsp3) is 0.233. The summed E-state index contributed by atoms with van der Waals surface area (Å²) < 4.78 is 0. The molecule has 9 heteroatoms. The van der Waals surface area contributed by atoms with Crippen LogP contribution in [0.1, 0.15) is 38.4 Å². The molecule has 5 N–H and O–H groups in total. The zero-order valence-corrected chi connectivity index (χ0v) is 22.9. The van der Waals surface area contributed by atoms with Gasteiger partial charge in [0.2, 0.25) is 5.91 Å². The molecular weight excluding hydrogens is 514 g/mol. The summed E-state index contributed by atoms with van der Waals surface area (Å²) in [6.07, 6.45) is 1.95. The van der Waals surface area contributed by atoms with Gasteiger partial charge in [-0.3, -0.25) is 9.59 Å². The van der Waals surface area contributed by atoms with Gasteiger partial charge in [-0.1, -0.05) is 35.9 Å². The molecule has 0 aliphatic rings. The molecule has 0 saturated heterocycles. The summed E-state index contributed by atoms with van der Waals surface area (Å²) >= 11 is 6.01. The Hall–Kier alpha value is -4.14. The number of hydrogen-bond acceptors (Lipinski definition) is 5. The van der Waals surface area contributed by atoms with E-state index in [0.29, 0.717) is 23.6 Å². The second kappa shape index (κ2) is 12.6. The minimum atomic E-state index is -0.783. The first-order chi connectivity index (χ1) is 18.8. The lowest BCUT2D eigenvalue weighted by atomic mass is 9.95. The molecule has 0 unspecified atom stereocenters. The molecule has 0 aliphatic carbocycles. The van der Waals surface area contributed by atoms with Crippen LogP contribution in [-0.4, -0.2) is 40.0 Å². The molecular formula is C30H32ClN5O3. The molecule has 1 aromatic heterocycles. The third-order valence-electron chi connectivity index (χ3n) is 6.61. The average Bonchev–Trinajstić information content (AvgIpc) is 3.36. The van der Waals surface area contributed by atoms with Crippen molar-refractivity contribution in [3.63, 3.8) is 0 Å². The predicted octanol–water partition coefficient (Wildman–Crippen LogP) is 4.54. The van der Waals surface area contributed by atoms with Gasteiger partial charge in [-0.15, -0.1) is 0 Å². The largest absolute Gasteiger partial charge is 0.392 e. The van der Waals surface area contributed by atoms with Crippen LogP contribution in [0.25, 0.3) is 11.1 Å². The van der Waals surface area contributed by atoms with Crippen molar-refractivity contribution >= 4 is 29.1 Å². The number of imidazole rings is 1. The third-order valence-corrected chi connectivity index (χ3v) is 6.86. The number of benzene rings is 3. The zero-order valence-electron chi connectivity index (χ0n) is 22.1. The number of aryl methyl sites for hydroxylation is 2. The zero-order chi connectivity index (χ0) is 27.9. The number of nitrogens with zero attached hydrogens (tertiary/aromatic N) is 1. The van der Waals surface area contributed by atoms with Crippen LogP contribution in [-0.2, 0) is 24.4 Å². The number of rotatable bonds is 10. The number of amides is 2. The van der Waals surface area contributed by atoms with Crippen molar-refractivity contribution in [2.45, 2.75) is 39.5 Å². The molecule has 0 aliphatic heterocycles. The maximum absolute atomic E-state index is 13.6. The van der Waals surface area contributed by atoms with Crippen LogP contribution < -0.4 is 16.0 Å². The van der Waals surface area contributed by atoms with Gasteiger partial charge in [-0.05, 0) is 78.1 Å². The molecule has 0 bridgehead atoms. The number of hydrogen-bond donors (Lipinski definition) is 5. The Morgan fingerprint density at radius 3 is 2.44 bits per heavy atom. The van der Waals surface area contributed by atoms with E-state index >= 15 is 0 Å². The number of aromatic nitrogens is 2. The van der Waals surface area contributed by atoms with Crippen molar-refractivity contribution in [3.05, 3.63) is 106 Å². The van der Waals surface area contributed by atoms with Crippen LogP contribution >= 0.6 is 11.6 Å². The molecule has 8 nitrogen and oxygen atoms in total. The van der Waals surface area contributed by atoms with E-state index in [4.69, 9.17) is 11.6 Å². The molecule has 0 spiro atoms. The second-order valence-corrected chi connectivity index (χ2v) is 9.84. The molecule has 1 atom stereocenters. The van der Waals surface area contributed by atoms with E-state index < -0.39 is 6.04 Å². The van der Waals surface area contributed by atoms with E-state index in [0.717, 1.165) is 44.9 Å². The highest BCUT2D eigenvalue weighted by Gasteiger charge is 2.22. The van der Waals surface area contributed by atoms with Gasteiger partial charge in [-0.2, -0.15) is 0 Å². The summed E-state index contributed by atoms with van der Waals surface area (Å²) in [7, 11) is 1.54. The number of H-pyrrole nitrogens is 1. The molecule has 4 aromatic rings. The van der Waals surface area contributed by atoms with Crippen LogP contribution in [0, 0.1) is 13.8 Å². The summed E-state index contributed by atoms with van der Waals surface area (Å²) in [5, 5.41) is 19.2. The van der Waals surface area contributed by atoms with E-state index in [2.05, 4.69) is 25.9 Å². The standard InChI is InChI=1S/C30H32ClN5O3/c1-18-4-5-21(16-37)10-26(18)22-12-23(14-25(13-22)33-15-28-19(2)34-17-35-28)29(38)36-27(30(39)32-3)11-20-6-8-24(31)9-7-20/h4-10,12-14,17,27,33,37H,11,15-16H2,1-3H3,(H,32,39)(H,34,35)(H,36,38)/t27-/m1/s1. The number of aliphatic hydroxyl groups is 1. The van der Waals surface area contributed by atoms with E-state index in [-0.39, 0.29) is 18.4 Å². The van der Waals surface area contributed by atoms with Gasteiger partial charge in [0.15, 0.2) is 0 Å². The van der Waals surface area contributed by atoms with E-state index in [1.807, 2.05) is 50.2 Å². The topological polar surface area (TPSA) is 119 Å². The first-order valence-corrected chi connectivity index (χ1v) is 13.0. The summed E-state index contributed by atoms with van der Waals surface area (Å²) in [4.78, 5) is 33.7. The number of carbonyl (C=O) groups is 2. The number of halogens is 1. The Labute approximate surface area is 232 Å². The quantitative estimate of drug-likeness (QED) is 0.200. The van der Waals surface area contributed by atoms with Crippen molar-refractivity contribution in [1.29, 1.82) is 0 Å². The molecule has 0 radical (unpaired) electrons. The molecule has 1 heterocycles.